The molecule has 1 saturated heterocycles. The molecule has 1 fully saturated rings. The van der Waals surface area contributed by atoms with Gasteiger partial charge in [0.25, 0.3) is 0 Å². The summed E-state index contributed by atoms with van der Waals surface area (Å²) in [5.74, 6) is 1.41. The number of hydrogen-bond acceptors (Lipinski definition) is 4. The lowest BCUT2D eigenvalue weighted by atomic mass is 9.89. The number of hydrogen-bond donors (Lipinski definition) is 1. The standard InChI is InChI=1S/C17H27N3O/c1-3-19-7-9-20(10-8-19)11-14-12-21-17-13(2)5-4-6-15(17)16(14)18/h4-6,14,16H,3,7-12,18H2,1-2H3. The number of likely N-dealkylation sites (N-methyl/N-ethyl adjacent to an activating group) is 1. The third-order valence-corrected chi connectivity index (χ3v) is 4.96. The van der Waals surface area contributed by atoms with Crippen LogP contribution in [0.15, 0.2) is 18.2 Å². The number of benzene rings is 1. The summed E-state index contributed by atoms with van der Waals surface area (Å²) in [7, 11) is 0. The Kier molecular flexibility index (Phi) is 4.48. The minimum Gasteiger partial charge on any atom is -0.493 e. The Balaban J connectivity index is 1.63. The van der Waals surface area contributed by atoms with Gasteiger partial charge in [0, 0.05) is 50.2 Å². The Bertz CT molecular complexity index is 483. The van der Waals surface area contributed by atoms with Gasteiger partial charge in [0.1, 0.15) is 5.75 Å². The van der Waals surface area contributed by atoms with E-state index in [2.05, 4.69) is 41.8 Å². The summed E-state index contributed by atoms with van der Waals surface area (Å²) in [6.07, 6.45) is 0. The lowest BCUT2D eigenvalue weighted by molar-refractivity contribution is 0.0916. The molecule has 0 radical (unpaired) electrons. The SMILES string of the molecule is CCN1CCN(CC2COc3c(C)cccc3C2N)CC1. The van der Waals surface area contributed by atoms with E-state index in [-0.39, 0.29) is 6.04 Å². The number of ether oxygens (including phenoxy) is 1. The number of para-hydroxylation sites is 1. The van der Waals surface area contributed by atoms with Crippen LogP contribution in [0.3, 0.4) is 0 Å². The van der Waals surface area contributed by atoms with Gasteiger partial charge in [-0.2, -0.15) is 0 Å². The third-order valence-electron chi connectivity index (χ3n) is 4.96. The lowest BCUT2D eigenvalue weighted by Crippen LogP contribution is -2.49. The fraction of sp³-hybridized carbons (Fsp3) is 0.647. The van der Waals surface area contributed by atoms with E-state index in [0.29, 0.717) is 5.92 Å². The van der Waals surface area contributed by atoms with Crippen molar-refractivity contribution in [2.45, 2.75) is 19.9 Å². The molecule has 2 aliphatic rings. The molecule has 1 aromatic carbocycles. The third kappa shape index (κ3) is 3.07. The average molecular weight is 289 g/mol. The van der Waals surface area contributed by atoms with E-state index < -0.39 is 0 Å². The van der Waals surface area contributed by atoms with Gasteiger partial charge in [-0.05, 0) is 19.0 Å². The maximum atomic E-state index is 6.51. The zero-order valence-electron chi connectivity index (χ0n) is 13.2. The molecule has 0 aromatic heterocycles. The molecule has 3 rings (SSSR count). The first-order chi connectivity index (χ1) is 10.2. The summed E-state index contributed by atoms with van der Waals surface area (Å²) in [5, 5.41) is 0. The average Bonchev–Trinajstić information content (AvgIpc) is 2.51. The van der Waals surface area contributed by atoms with E-state index in [1.807, 2.05) is 0 Å². The molecule has 2 atom stereocenters. The van der Waals surface area contributed by atoms with Crippen molar-refractivity contribution < 1.29 is 4.74 Å². The maximum Gasteiger partial charge on any atom is 0.126 e. The van der Waals surface area contributed by atoms with Crippen LogP contribution in [-0.4, -0.2) is 55.7 Å². The predicted octanol–water partition coefficient (Wildman–Crippen LogP) is 1.64. The van der Waals surface area contributed by atoms with E-state index >= 15 is 0 Å². The van der Waals surface area contributed by atoms with Gasteiger partial charge >= 0.3 is 0 Å². The molecule has 21 heavy (non-hydrogen) atoms. The number of piperazine rings is 1. The van der Waals surface area contributed by atoms with Crippen molar-refractivity contribution in [2.24, 2.45) is 11.7 Å². The Hall–Kier alpha value is -1.10. The first kappa shape index (κ1) is 14.8. The number of fused-ring (bicyclic) bond motifs is 1. The second kappa shape index (κ2) is 6.34. The number of nitrogens with two attached hydrogens (primary N) is 1. The van der Waals surface area contributed by atoms with Gasteiger partial charge < -0.3 is 20.3 Å². The smallest absolute Gasteiger partial charge is 0.126 e. The van der Waals surface area contributed by atoms with Crippen molar-refractivity contribution in [1.29, 1.82) is 0 Å². The molecule has 116 valence electrons. The van der Waals surface area contributed by atoms with Gasteiger partial charge in [-0.3, -0.25) is 0 Å². The highest BCUT2D eigenvalue weighted by Gasteiger charge is 2.31. The largest absolute Gasteiger partial charge is 0.493 e. The van der Waals surface area contributed by atoms with Gasteiger partial charge in [0.05, 0.1) is 6.61 Å². The molecule has 2 N–H and O–H groups in total. The summed E-state index contributed by atoms with van der Waals surface area (Å²) in [6.45, 7) is 11.9. The Morgan fingerprint density at radius 3 is 2.62 bits per heavy atom. The topological polar surface area (TPSA) is 41.7 Å². The molecule has 4 nitrogen and oxygen atoms in total. The zero-order chi connectivity index (χ0) is 14.8. The fourth-order valence-corrected chi connectivity index (χ4v) is 3.47. The summed E-state index contributed by atoms with van der Waals surface area (Å²) in [6, 6.07) is 6.39. The van der Waals surface area contributed by atoms with Crippen LogP contribution in [0.5, 0.6) is 5.75 Å². The molecule has 2 unspecified atom stereocenters. The molecule has 0 aliphatic carbocycles. The number of aryl methyl sites for hydroxylation is 1. The quantitative estimate of drug-likeness (QED) is 0.918. The van der Waals surface area contributed by atoms with E-state index in [1.54, 1.807) is 0 Å². The summed E-state index contributed by atoms with van der Waals surface area (Å²) >= 11 is 0. The van der Waals surface area contributed by atoms with Crippen molar-refractivity contribution in [3.8, 4) is 5.75 Å². The van der Waals surface area contributed by atoms with Gasteiger partial charge in [0.2, 0.25) is 0 Å². The Labute approximate surface area is 127 Å². The predicted molar refractivity (Wildman–Crippen MR) is 85.6 cm³/mol. The molecule has 0 bridgehead atoms. The van der Waals surface area contributed by atoms with E-state index in [4.69, 9.17) is 10.5 Å². The van der Waals surface area contributed by atoms with Crippen molar-refractivity contribution >= 4 is 0 Å². The first-order valence-electron chi connectivity index (χ1n) is 8.11. The minimum atomic E-state index is 0.0952. The van der Waals surface area contributed by atoms with Crippen LogP contribution in [0.1, 0.15) is 24.1 Å². The zero-order valence-corrected chi connectivity index (χ0v) is 13.2. The van der Waals surface area contributed by atoms with E-state index in [0.717, 1.165) is 38.5 Å². The second-order valence-corrected chi connectivity index (χ2v) is 6.32. The molecule has 0 amide bonds. The number of nitrogens with zero attached hydrogens (tertiary/aromatic N) is 2. The van der Waals surface area contributed by atoms with Gasteiger partial charge in [0.15, 0.2) is 0 Å². The number of rotatable bonds is 3. The lowest BCUT2D eigenvalue weighted by Gasteiger charge is -2.39. The molecular formula is C17H27N3O. The van der Waals surface area contributed by atoms with Crippen LogP contribution in [0.2, 0.25) is 0 Å². The normalized spacial score (nSPS) is 27.2. The van der Waals surface area contributed by atoms with Crippen LogP contribution < -0.4 is 10.5 Å². The van der Waals surface area contributed by atoms with Crippen LogP contribution >= 0.6 is 0 Å². The molecule has 2 aliphatic heterocycles. The first-order valence-corrected chi connectivity index (χ1v) is 8.11. The summed E-state index contributed by atoms with van der Waals surface area (Å²) in [5.41, 5.74) is 8.88. The van der Waals surface area contributed by atoms with Crippen molar-refractivity contribution in [3.05, 3.63) is 29.3 Å². The van der Waals surface area contributed by atoms with E-state index in [1.165, 1.54) is 24.2 Å². The Morgan fingerprint density at radius 2 is 1.90 bits per heavy atom. The van der Waals surface area contributed by atoms with Crippen LogP contribution in [0.25, 0.3) is 0 Å². The van der Waals surface area contributed by atoms with Crippen molar-refractivity contribution in [1.82, 2.24) is 9.80 Å². The highest BCUT2D eigenvalue weighted by molar-refractivity contribution is 5.44. The van der Waals surface area contributed by atoms with Crippen LogP contribution in [0.4, 0.5) is 0 Å². The van der Waals surface area contributed by atoms with Gasteiger partial charge in [-0.25, -0.2) is 0 Å². The molecular weight excluding hydrogens is 262 g/mol. The van der Waals surface area contributed by atoms with E-state index in [9.17, 15) is 0 Å². The van der Waals surface area contributed by atoms with Crippen LogP contribution in [0, 0.1) is 12.8 Å². The van der Waals surface area contributed by atoms with Gasteiger partial charge in [-0.1, -0.05) is 25.1 Å². The second-order valence-electron chi connectivity index (χ2n) is 6.32. The highest BCUT2D eigenvalue weighted by atomic mass is 16.5. The molecule has 0 saturated carbocycles. The van der Waals surface area contributed by atoms with Crippen molar-refractivity contribution in [3.63, 3.8) is 0 Å². The molecule has 1 aromatic rings. The highest BCUT2D eigenvalue weighted by Crippen LogP contribution is 2.36. The van der Waals surface area contributed by atoms with Crippen LogP contribution in [-0.2, 0) is 0 Å². The van der Waals surface area contributed by atoms with Gasteiger partial charge in [-0.15, -0.1) is 0 Å². The fourth-order valence-electron chi connectivity index (χ4n) is 3.47. The molecule has 0 spiro atoms. The maximum absolute atomic E-state index is 6.51. The van der Waals surface area contributed by atoms with Crippen molar-refractivity contribution in [2.75, 3.05) is 45.9 Å². The summed E-state index contributed by atoms with van der Waals surface area (Å²) < 4.78 is 6.00. The molecule has 4 heteroatoms. The Morgan fingerprint density at radius 1 is 1.19 bits per heavy atom. The summed E-state index contributed by atoms with van der Waals surface area (Å²) in [4.78, 5) is 5.05. The minimum absolute atomic E-state index is 0.0952. The molecule has 2 heterocycles. The monoisotopic (exact) mass is 289 g/mol.